The molecule has 8 rings (SSSR count). The van der Waals surface area contributed by atoms with Crippen LogP contribution in [-0.2, 0) is 23.7 Å². The highest BCUT2D eigenvalue weighted by Gasteiger charge is 2.85. The van der Waals surface area contributed by atoms with E-state index in [1.54, 1.807) is 13.8 Å². The van der Waals surface area contributed by atoms with Crippen LogP contribution in [0.3, 0.4) is 0 Å². The zero-order valence-electron chi connectivity index (χ0n) is 33.6. The topological polar surface area (TPSA) is 228 Å². The molecule has 0 radical (unpaired) electrons. The van der Waals surface area contributed by atoms with E-state index >= 15 is 0 Å². The van der Waals surface area contributed by atoms with Crippen molar-refractivity contribution in [2.24, 2.45) is 44.8 Å². The summed E-state index contributed by atoms with van der Waals surface area (Å²) in [7, 11) is 0. The van der Waals surface area contributed by atoms with E-state index in [9.17, 15) is 46.0 Å². The third-order valence-electron chi connectivity index (χ3n) is 17.6. The standard InChI is InChI=1S/C41H68O14/c1-35(2)24(53-34-30(26(46)21(45)17-51-34)54-33-29(49)28(48)27(47)22(16-42)52-33)9-11-41-18-40(41)13-12-37(5)32(39(7)10-8-25(55-39)36(3,4)50)20(44)15-38(37,6)23(40)14-19(43)31(35)41/h19-34,42-50H,8-18H2,1-7H3. The molecule has 8 aliphatic rings. The molecular weight excluding hydrogens is 716 g/mol. The number of rotatable bonds is 7. The molecule has 14 heteroatoms. The normalized spacial score (nSPS) is 58.7. The first-order valence-electron chi connectivity index (χ1n) is 20.9. The third kappa shape index (κ3) is 5.70. The van der Waals surface area contributed by atoms with Gasteiger partial charge < -0.3 is 69.6 Å². The van der Waals surface area contributed by atoms with Crippen molar-refractivity contribution in [3.8, 4) is 0 Å². The number of aliphatic hydroxyl groups is 9. The molecule has 0 aromatic heterocycles. The quantitative estimate of drug-likeness (QED) is 0.162. The molecule has 0 amide bonds. The van der Waals surface area contributed by atoms with Gasteiger partial charge in [-0.05, 0) is 117 Å². The fourth-order valence-electron chi connectivity index (χ4n) is 14.9. The molecule has 14 nitrogen and oxygen atoms in total. The minimum atomic E-state index is -1.72. The molecule has 21 atom stereocenters. The molecule has 8 fully saturated rings. The van der Waals surface area contributed by atoms with Gasteiger partial charge in [0.2, 0.25) is 0 Å². The van der Waals surface area contributed by atoms with Crippen LogP contribution in [0.2, 0.25) is 0 Å². The van der Waals surface area contributed by atoms with Crippen molar-refractivity contribution in [3.05, 3.63) is 0 Å². The van der Waals surface area contributed by atoms with Crippen LogP contribution in [0.5, 0.6) is 0 Å². The van der Waals surface area contributed by atoms with Gasteiger partial charge in [-0.1, -0.05) is 27.7 Å². The molecule has 5 aliphatic carbocycles. The van der Waals surface area contributed by atoms with Crippen molar-refractivity contribution in [2.75, 3.05) is 13.2 Å². The fourth-order valence-corrected chi connectivity index (χ4v) is 14.9. The Labute approximate surface area is 324 Å². The lowest BCUT2D eigenvalue weighted by atomic mass is 9.41. The van der Waals surface area contributed by atoms with E-state index in [1.165, 1.54) is 0 Å². The monoisotopic (exact) mass is 784 g/mol. The van der Waals surface area contributed by atoms with Crippen LogP contribution >= 0.6 is 0 Å². The van der Waals surface area contributed by atoms with Crippen LogP contribution < -0.4 is 0 Å². The van der Waals surface area contributed by atoms with Crippen molar-refractivity contribution in [2.45, 2.75) is 197 Å². The van der Waals surface area contributed by atoms with Crippen LogP contribution in [0.25, 0.3) is 0 Å². The van der Waals surface area contributed by atoms with Crippen LogP contribution in [0.1, 0.15) is 106 Å². The predicted octanol–water partition coefficient (Wildman–Crippen LogP) is 0.724. The summed E-state index contributed by atoms with van der Waals surface area (Å²) in [6, 6.07) is 0. The van der Waals surface area contributed by atoms with Gasteiger partial charge in [-0.2, -0.15) is 0 Å². The second kappa shape index (κ2) is 13.2. The van der Waals surface area contributed by atoms with Gasteiger partial charge in [0.15, 0.2) is 12.6 Å². The number of aliphatic hydroxyl groups excluding tert-OH is 8. The van der Waals surface area contributed by atoms with E-state index in [1.807, 2.05) is 0 Å². The SMILES string of the molecule is CC(C)(O)C1CCC(C)(C2C(O)CC3(C)C4CC(O)C5C(C)(C)C(OC6OCC(O)C(O)C6OC6OC(CO)C(O)C(O)C6O)CCC56CC46CCC23C)O1. The van der Waals surface area contributed by atoms with E-state index in [4.69, 9.17) is 23.7 Å². The summed E-state index contributed by atoms with van der Waals surface area (Å²) in [6.07, 6.45) is -7.87. The smallest absolute Gasteiger partial charge is 0.187 e. The second-order valence-electron chi connectivity index (χ2n) is 21.1. The fraction of sp³-hybridized carbons (Fsp3) is 1.00. The lowest BCUT2D eigenvalue weighted by Crippen LogP contribution is -2.64. The first kappa shape index (κ1) is 41.2. The molecule has 0 aromatic rings. The summed E-state index contributed by atoms with van der Waals surface area (Å²) in [4.78, 5) is 0. The summed E-state index contributed by atoms with van der Waals surface area (Å²) in [5, 5.41) is 97.9. The number of fused-ring (bicyclic) bond motifs is 2. The Kier molecular flexibility index (Phi) is 9.90. The minimum absolute atomic E-state index is 0.0193. The van der Waals surface area contributed by atoms with Gasteiger partial charge in [0.1, 0.15) is 42.7 Å². The molecule has 3 saturated heterocycles. The Hall–Kier alpha value is -0.560. The maximum Gasteiger partial charge on any atom is 0.187 e. The van der Waals surface area contributed by atoms with Gasteiger partial charge in [0.05, 0.1) is 48.8 Å². The van der Waals surface area contributed by atoms with Crippen molar-refractivity contribution in [3.63, 3.8) is 0 Å². The van der Waals surface area contributed by atoms with E-state index in [-0.39, 0.29) is 52.1 Å². The predicted molar refractivity (Wildman–Crippen MR) is 194 cm³/mol. The van der Waals surface area contributed by atoms with Crippen molar-refractivity contribution in [1.29, 1.82) is 0 Å². The van der Waals surface area contributed by atoms with E-state index in [0.29, 0.717) is 19.3 Å². The van der Waals surface area contributed by atoms with Crippen molar-refractivity contribution < 1.29 is 69.6 Å². The van der Waals surface area contributed by atoms with Gasteiger partial charge >= 0.3 is 0 Å². The Bertz CT molecular complexity index is 1460. The summed E-state index contributed by atoms with van der Waals surface area (Å²) in [5.74, 6) is 0.0159. The highest BCUT2D eigenvalue weighted by Crippen LogP contribution is 2.89. The van der Waals surface area contributed by atoms with Crippen LogP contribution in [0.15, 0.2) is 0 Å². The molecule has 21 unspecified atom stereocenters. The summed E-state index contributed by atoms with van der Waals surface area (Å²) < 4.78 is 30.9. The van der Waals surface area contributed by atoms with Gasteiger partial charge in [-0.3, -0.25) is 0 Å². The van der Waals surface area contributed by atoms with Crippen LogP contribution in [0, 0.1) is 44.8 Å². The Morgan fingerprint density at radius 2 is 1.42 bits per heavy atom. The van der Waals surface area contributed by atoms with Crippen molar-refractivity contribution >= 4 is 0 Å². The van der Waals surface area contributed by atoms with E-state index in [0.717, 1.165) is 38.5 Å². The summed E-state index contributed by atoms with van der Waals surface area (Å²) in [6.45, 7) is 13.8. The zero-order valence-corrected chi connectivity index (χ0v) is 33.6. The molecule has 9 N–H and O–H groups in total. The van der Waals surface area contributed by atoms with Gasteiger partial charge in [-0.15, -0.1) is 0 Å². The molecule has 3 aliphatic heterocycles. The average molecular weight is 785 g/mol. The zero-order chi connectivity index (χ0) is 40.1. The molecule has 0 bridgehead atoms. The van der Waals surface area contributed by atoms with Gasteiger partial charge in [-0.25, -0.2) is 0 Å². The first-order chi connectivity index (χ1) is 25.5. The first-order valence-corrected chi connectivity index (χ1v) is 20.9. The third-order valence-corrected chi connectivity index (χ3v) is 17.6. The molecule has 2 spiro atoms. The van der Waals surface area contributed by atoms with Gasteiger partial charge in [0, 0.05) is 5.92 Å². The number of hydrogen-bond acceptors (Lipinski definition) is 14. The molecular formula is C41H68O14. The maximum absolute atomic E-state index is 12.4. The summed E-state index contributed by atoms with van der Waals surface area (Å²) in [5.41, 5.74) is -2.64. The second-order valence-corrected chi connectivity index (χ2v) is 21.1. The highest BCUT2D eigenvalue weighted by molar-refractivity contribution is 5.33. The molecule has 55 heavy (non-hydrogen) atoms. The molecule has 0 aromatic carbocycles. The summed E-state index contributed by atoms with van der Waals surface area (Å²) >= 11 is 0. The van der Waals surface area contributed by atoms with Gasteiger partial charge in [0.25, 0.3) is 0 Å². The molecule has 316 valence electrons. The van der Waals surface area contributed by atoms with Crippen molar-refractivity contribution in [1.82, 2.24) is 0 Å². The highest BCUT2D eigenvalue weighted by atomic mass is 16.8. The van der Waals surface area contributed by atoms with E-state index < -0.39 is 96.8 Å². The molecule has 5 saturated carbocycles. The largest absolute Gasteiger partial charge is 0.394 e. The lowest BCUT2D eigenvalue weighted by molar-refractivity contribution is -0.366. The van der Waals surface area contributed by atoms with Crippen LogP contribution in [0.4, 0.5) is 0 Å². The lowest BCUT2D eigenvalue weighted by Gasteiger charge is -2.64. The van der Waals surface area contributed by atoms with Crippen LogP contribution in [-0.4, -0.2) is 150 Å². The molecule has 3 heterocycles. The Morgan fingerprint density at radius 1 is 0.709 bits per heavy atom. The number of hydrogen-bond donors (Lipinski definition) is 9. The minimum Gasteiger partial charge on any atom is -0.394 e. The number of ether oxygens (including phenoxy) is 5. The average Bonchev–Trinajstić information content (AvgIpc) is 3.45. The Morgan fingerprint density at radius 3 is 2.07 bits per heavy atom. The Balaban J connectivity index is 1.02. The van der Waals surface area contributed by atoms with E-state index in [2.05, 4.69) is 34.6 Å². The maximum atomic E-state index is 12.4.